The van der Waals surface area contributed by atoms with Gasteiger partial charge in [-0.2, -0.15) is 4.31 Å². The van der Waals surface area contributed by atoms with Crippen molar-refractivity contribution in [2.45, 2.75) is 24.2 Å². The molecule has 1 heterocycles. The minimum absolute atomic E-state index is 0. The molecule has 0 amide bonds. The highest BCUT2D eigenvalue weighted by Gasteiger charge is 2.36. The van der Waals surface area contributed by atoms with Gasteiger partial charge < -0.3 is 10.1 Å². The quantitative estimate of drug-likeness (QED) is 0.895. The summed E-state index contributed by atoms with van der Waals surface area (Å²) in [6, 6.07) is 4.70. The molecule has 1 N–H and O–H groups in total. The van der Waals surface area contributed by atoms with E-state index in [4.69, 9.17) is 0 Å². The maximum absolute atomic E-state index is 12.5. The number of nitrogens with one attached hydrogen (secondary N) is 1. The summed E-state index contributed by atoms with van der Waals surface area (Å²) in [5.41, 5.74) is 0. The largest absolute Gasteiger partial charge is 0.573 e. The Morgan fingerprint density at radius 2 is 1.95 bits per heavy atom. The highest BCUT2D eigenvalue weighted by Crippen LogP contribution is 2.31. The van der Waals surface area contributed by atoms with Gasteiger partial charge in [0.2, 0.25) is 10.0 Å². The molecule has 1 saturated heterocycles. The van der Waals surface area contributed by atoms with Crippen molar-refractivity contribution in [3.8, 4) is 5.75 Å². The van der Waals surface area contributed by atoms with Crippen LogP contribution in [0.3, 0.4) is 0 Å². The van der Waals surface area contributed by atoms with Gasteiger partial charge in [0, 0.05) is 25.7 Å². The standard InChI is InChI=1S/C12H15F3N2O3S.ClH/c1-9-8-17(7-6-16-9)21(18,19)11-5-3-2-4-10(11)20-12(13,14)15;/h2-5,9,16H,6-8H2,1H3;1H. The molecule has 0 radical (unpaired) electrons. The average molecular weight is 361 g/mol. The Labute approximate surface area is 132 Å². The predicted molar refractivity (Wildman–Crippen MR) is 76.6 cm³/mol. The second-order valence-corrected chi connectivity index (χ2v) is 6.62. The van der Waals surface area contributed by atoms with Gasteiger partial charge in [0.15, 0.2) is 0 Å². The van der Waals surface area contributed by atoms with Gasteiger partial charge in [-0.1, -0.05) is 12.1 Å². The van der Waals surface area contributed by atoms with Gasteiger partial charge in [0.25, 0.3) is 0 Å². The third-order valence-electron chi connectivity index (χ3n) is 3.02. The van der Waals surface area contributed by atoms with Crippen molar-refractivity contribution in [3.05, 3.63) is 24.3 Å². The molecule has 1 atom stereocenters. The van der Waals surface area contributed by atoms with Crippen molar-refractivity contribution >= 4 is 22.4 Å². The zero-order chi connectivity index (χ0) is 15.7. The summed E-state index contributed by atoms with van der Waals surface area (Å²) in [5.74, 6) is -0.712. The van der Waals surface area contributed by atoms with Crippen LogP contribution in [0.25, 0.3) is 0 Å². The molecule has 126 valence electrons. The molecule has 1 aliphatic heterocycles. The molecule has 0 spiro atoms. The predicted octanol–water partition coefficient (Wildman–Crippen LogP) is 1.99. The van der Waals surface area contributed by atoms with Crippen molar-refractivity contribution < 1.29 is 26.3 Å². The van der Waals surface area contributed by atoms with Gasteiger partial charge in [-0.05, 0) is 19.1 Å². The maximum Gasteiger partial charge on any atom is 0.573 e. The Bertz CT molecular complexity index is 610. The molecule has 22 heavy (non-hydrogen) atoms. The van der Waals surface area contributed by atoms with Crippen LogP contribution in [0.4, 0.5) is 13.2 Å². The fraction of sp³-hybridized carbons (Fsp3) is 0.500. The van der Waals surface area contributed by atoms with E-state index in [1.54, 1.807) is 6.92 Å². The fourth-order valence-electron chi connectivity index (χ4n) is 2.13. The molecular weight excluding hydrogens is 345 g/mol. The van der Waals surface area contributed by atoms with Crippen LogP contribution in [0.5, 0.6) is 5.75 Å². The van der Waals surface area contributed by atoms with E-state index in [2.05, 4.69) is 10.1 Å². The lowest BCUT2D eigenvalue weighted by Gasteiger charge is -2.31. The lowest BCUT2D eigenvalue weighted by molar-refractivity contribution is -0.275. The zero-order valence-corrected chi connectivity index (χ0v) is 13.3. The van der Waals surface area contributed by atoms with Crippen molar-refractivity contribution in [2.24, 2.45) is 0 Å². The second kappa shape index (κ2) is 7.03. The molecule has 0 aliphatic carbocycles. The first-order chi connectivity index (χ1) is 9.70. The SMILES string of the molecule is CC1CN(S(=O)(=O)c2ccccc2OC(F)(F)F)CCN1.Cl. The number of ether oxygens (including phenoxy) is 1. The summed E-state index contributed by atoms with van der Waals surface area (Å²) in [6.45, 7) is 2.65. The van der Waals surface area contributed by atoms with E-state index >= 15 is 0 Å². The van der Waals surface area contributed by atoms with E-state index in [1.165, 1.54) is 12.1 Å². The molecule has 1 aliphatic rings. The van der Waals surface area contributed by atoms with E-state index in [-0.39, 0.29) is 31.5 Å². The molecule has 0 aromatic heterocycles. The second-order valence-electron chi connectivity index (χ2n) is 4.71. The minimum atomic E-state index is -4.94. The number of piperazine rings is 1. The molecular formula is C12H16ClF3N2O3S. The number of benzene rings is 1. The van der Waals surface area contributed by atoms with E-state index in [0.29, 0.717) is 6.54 Å². The number of hydrogen-bond donors (Lipinski definition) is 1. The summed E-state index contributed by atoms with van der Waals surface area (Å²) < 4.78 is 67.1. The molecule has 2 rings (SSSR count). The highest BCUT2D eigenvalue weighted by atomic mass is 35.5. The number of alkyl halides is 3. The maximum atomic E-state index is 12.5. The smallest absolute Gasteiger partial charge is 0.404 e. The minimum Gasteiger partial charge on any atom is -0.404 e. The van der Waals surface area contributed by atoms with Crippen LogP contribution < -0.4 is 10.1 Å². The number of sulfonamides is 1. The van der Waals surface area contributed by atoms with Crippen LogP contribution in [0.2, 0.25) is 0 Å². The van der Waals surface area contributed by atoms with E-state index < -0.39 is 27.0 Å². The van der Waals surface area contributed by atoms with Gasteiger partial charge >= 0.3 is 6.36 Å². The molecule has 10 heteroatoms. The number of rotatable bonds is 3. The normalized spacial score (nSPS) is 20.3. The Morgan fingerprint density at radius 3 is 2.55 bits per heavy atom. The lowest BCUT2D eigenvalue weighted by Crippen LogP contribution is -2.51. The number of para-hydroxylation sites is 1. The van der Waals surface area contributed by atoms with Crippen LogP contribution in [-0.2, 0) is 10.0 Å². The van der Waals surface area contributed by atoms with Crippen molar-refractivity contribution in [2.75, 3.05) is 19.6 Å². The zero-order valence-electron chi connectivity index (χ0n) is 11.6. The third-order valence-corrected chi connectivity index (χ3v) is 4.93. The summed E-state index contributed by atoms with van der Waals surface area (Å²) in [7, 11) is -4.03. The Morgan fingerprint density at radius 1 is 1.32 bits per heavy atom. The average Bonchev–Trinajstić information content (AvgIpc) is 2.37. The Kier molecular flexibility index (Phi) is 6.08. The number of hydrogen-bond acceptors (Lipinski definition) is 4. The molecule has 0 bridgehead atoms. The van der Waals surface area contributed by atoms with Crippen molar-refractivity contribution in [3.63, 3.8) is 0 Å². The number of halogens is 4. The summed E-state index contributed by atoms with van der Waals surface area (Å²) >= 11 is 0. The first-order valence-corrected chi connectivity index (χ1v) is 7.72. The first-order valence-electron chi connectivity index (χ1n) is 6.28. The van der Waals surface area contributed by atoms with Crippen LogP contribution in [0.1, 0.15) is 6.92 Å². The third kappa shape index (κ3) is 4.48. The molecule has 5 nitrogen and oxygen atoms in total. The van der Waals surface area contributed by atoms with Gasteiger partial charge in [0.05, 0.1) is 0 Å². The van der Waals surface area contributed by atoms with Gasteiger partial charge in [-0.25, -0.2) is 8.42 Å². The first kappa shape index (κ1) is 19.0. The highest BCUT2D eigenvalue weighted by molar-refractivity contribution is 7.89. The molecule has 0 saturated carbocycles. The summed E-state index contributed by atoms with van der Waals surface area (Å²) in [4.78, 5) is -0.476. The topological polar surface area (TPSA) is 58.6 Å². The summed E-state index contributed by atoms with van der Waals surface area (Å²) in [6.07, 6.45) is -4.94. The van der Waals surface area contributed by atoms with E-state index in [9.17, 15) is 21.6 Å². The van der Waals surface area contributed by atoms with Crippen molar-refractivity contribution in [1.82, 2.24) is 9.62 Å². The molecule has 1 unspecified atom stereocenters. The molecule has 1 aromatic rings. The lowest BCUT2D eigenvalue weighted by atomic mass is 10.3. The van der Waals surface area contributed by atoms with Crippen LogP contribution in [0, 0.1) is 0 Å². The van der Waals surface area contributed by atoms with Crippen LogP contribution in [-0.4, -0.2) is 44.8 Å². The van der Waals surface area contributed by atoms with E-state index in [0.717, 1.165) is 16.4 Å². The van der Waals surface area contributed by atoms with E-state index in [1.807, 2.05) is 0 Å². The van der Waals surface area contributed by atoms with Gasteiger partial charge in [-0.3, -0.25) is 0 Å². The molecule has 1 aromatic carbocycles. The molecule has 1 fully saturated rings. The Balaban J connectivity index is 0.00000242. The van der Waals surface area contributed by atoms with Crippen LogP contribution in [0.15, 0.2) is 29.2 Å². The Hall–Kier alpha value is -1.03. The summed E-state index contributed by atoms with van der Waals surface area (Å²) in [5, 5.41) is 3.07. The fourth-order valence-corrected chi connectivity index (χ4v) is 3.77. The van der Waals surface area contributed by atoms with Gasteiger partial charge in [0.1, 0.15) is 10.6 Å². The number of nitrogens with zero attached hydrogens (tertiary/aromatic N) is 1. The van der Waals surface area contributed by atoms with Crippen molar-refractivity contribution in [1.29, 1.82) is 0 Å². The monoisotopic (exact) mass is 360 g/mol. The van der Waals surface area contributed by atoms with Gasteiger partial charge in [-0.15, -0.1) is 25.6 Å². The van der Waals surface area contributed by atoms with Crippen LogP contribution >= 0.6 is 12.4 Å².